The smallest absolute Gasteiger partial charge is 0.315 e. The number of fused-ring (bicyclic) bond motifs is 2. The molecule has 2 saturated carbocycles. The van der Waals surface area contributed by atoms with Crippen molar-refractivity contribution in [3.8, 4) is 0 Å². The molecule has 2 aliphatic heterocycles. The summed E-state index contributed by atoms with van der Waals surface area (Å²) in [5.74, 6) is 4.86. The fraction of sp³-hybridized carbons (Fsp3) is 0.941. The van der Waals surface area contributed by atoms with Crippen LogP contribution in [-0.4, -0.2) is 42.3 Å². The van der Waals surface area contributed by atoms with Crippen LogP contribution in [0.15, 0.2) is 0 Å². The Morgan fingerprint density at radius 1 is 1.27 bits per heavy atom. The summed E-state index contributed by atoms with van der Waals surface area (Å²) in [4.78, 5) is 12.2. The minimum atomic E-state index is 0.0375. The van der Waals surface area contributed by atoms with Crippen molar-refractivity contribution < 1.29 is 9.53 Å². The molecule has 22 heavy (non-hydrogen) atoms. The number of urea groups is 1. The first-order valence-electron chi connectivity index (χ1n) is 8.98. The number of ether oxygens (including phenoxy) is 1. The highest BCUT2D eigenvalue weighted by atomic mass is 32.2. The number of hydrogen-bond donors (Lipinski definition) is 2. The number of rotatable bonds is 3. The lowest BCUT2D eigenvalue weighted by atomic mass is 9.89. The van der Waals surface area contributed by atoms with Gasteiger partial charge in [-0.1, -0.05) is 6.42 Å². The molecule has 0 aromatic carbocycles. The minimum Gasteiger partial charge on any atom is -0.374 e. The topological polar surface area (TPSA) is 50.4 Å². The van der Waals surface area contributed by atoms with Gasteiger partial charge in [-0.2, -0.15) is 11.8 Å². The Hall–Kier alpha value is -0.420. The van der Waals surface area contributed by atoms with Crippen molar-refractivity contribution in [3.63, 3.8) is 0 Å². The van der Waals surface area contributed by atoms with Crippen molar-refractivity contribution in [2.24, 2.45) is 17.8 Å². The summed E-state index contributed by atoms with van der Waals surface area (Å²) in [6.07, 6.45) is 8.64. The predicted molar refractivity (Wildman–Crippen MR) is 89.1 cm³/mol. The van der Waals surface area contributed by atoms with Gasteiger partial charge < -0.3 is 15.4 Å². The molecule has 2 N–H and O–H groups in total. The van der Waals surface area contributed by atoms with Crippen molar-refractivity contribution in [1.82, 2.24) is 10.6 Å². The first-order chi connectivity index (χ1) is 10.7. The van der Waals surface area contributed by atoms with Gasteiger partial charge in [-0.05, 0) is 62.0 Å². The first kappa shape index (κ1) is 15.1. The van der Waals surface area contributed by atoms with E-state index in [1.807, 2.05) is 11.8 Å². The Morgan fingerprint density at radius 3 is 2.95 bits per heavy atom. The van der Waals surface area contributed by atoms with Gasteiger partial charge >= 0.3 is 6.03 Å². The summed E-state index contributed by atoms with van der Waals surface area (Å²) in [5, 5.41) is 6.34. The molecule has 5 heteroatoms. The van der Waals surface area contributed by atoms with Gasteiger partial charge in [0.15, 0.2) is 0 Å². The minimum absolute atomic E-state index is 0.0375. The lowest BCUT2D eigenvalue weighted by molar-refractivity contribution is -0.0684. The maximum absolute atomic E-state index is 12.2. The molecule has 5 atom stereocenters. The molecule has 4 fully saturated rings. The quantitative estimate of drug-likeness (QED) is 0.839. The summed E-state index contributed by atoms with van der Waals surface area (Å²) in [6, 6.07) is 0.322. The molecule has 1 spiro atoms. The van der Waals surface area contributed by atoms with Crippen LogP contribution in [0, 0.1) is 17.8 Å². The second kappa shape index (κ2) is 6.23. The van der Waals surface area contributed by atoms with Gasteiger partial charge in [0, 0.05) is 24.9 Å². The Balaban J connectivity index is 1.22. The number of carbonyl (C=O) groups excluding carboxylic acids is 1. The third kappa shape index (κ3) is 3.12. The molecule has 4 nitrogen and oxygen atoms in total. The van der Waals surface area contributed by atoms with E-state index in [1.54, 1.807) is 0 Å². The van der Waals surface area contributed by atoms with Crippen LogP contribution in [0.1, 0.15) is 44.9 Å². The predicted octanol–water partition coefficient (Wildman–Crippen LogP) is 2.78. The third-order valence-corrected chi connectivity index (χ3v) is 7.53. The normalized spacial score (nSPS) is 43.6. The zero-order chi connectivity index (χ0) is 15.0. The van der Waals surface area contributed by atoms with Gasteiger partial charge in [0.1, 0.15) is 0 Å². The van der Waals surface area contributed by atoms with E-state index in [4.69, 9.17) is 4.74 Å². The van der Waals surface area contributed by atoms with Crippen molar-refractivity contribution in [3.05, 3.63) is 0 Å². The van der Waals surface area contributed by atoms with E-state index in [-0.39, 0.29) is 17.7 Å². The molecular formula is C17H28N2O2S. The standard InChI is InChI=1S/C17H28N2O2S/c20-16(18-10-14-8-12-1-2-13(14)7-12)19-15-3-5-21-17(9-15)4-6-22-11-17/h12-15H,1-11H2,(H2,18,19,20). The Morgan fingerprint density at radius 2 is 2.23 bits per heavy atom. The van der Waals surface area contributed by atoms with Gasteiger partial charge in [0.2, 0.25) is 0 Å². The summed E-state index contributed by atoms with van der Waals surface area (Å²) in [6.45, 7) is 1.66. The second-order valence-corrected chi connectivity index (χ2v) is 8.92. The van der Waals surface area contributed by atoms with E-state index in [0.29, 0.717) is 0 Å². The molecule has 2 bridgehead atoms. The molecule has 2 aliphatic carbocycles. The summed E-state index contributed by atoms with van der Waals surface area (Å²) in [7, 11) is 0. The third-order valence-electron chi connectivity index (χ3n) is 6.30. The molecule has 124 valence electrons. The van der Waals surface area contributed by atoms with Crippen LogP contribution in [0.25, 0.3) is 0 Å². The molecule has 5 unspecified atom stereocenters. The molecule has 2 amide bonds. The van der Waals surface area contributed by atoms with Crippen LogP contribution in [0.2, 0.25) is 0 Å². The average molecular weight is 324 g/mol. The summed E-state index contributed by atoms with van der Waals surface area (Å²) >= 11 is 1.98. The molecule has 0 radical (unpaired) electrons. The lowest BCUT2D eigenvalue weighted by Crippen LogP contribution is -2.51. The number of carbonyl (C=O) groups is 1. The maximum atomic E-state index is 12.2. The van der Waals surface area contributed by atoms with Gasteiger partial charge in [-0.3, -0.25) is 0 Å². The van der Waals surface area contributed by atoms with Crippen molar-refractivity contribution >= 4 is 17.8 Å². The number of thioether (sulfide) groups is 1. The Kier molecular flexibility index (Phi) is 4.29. The van der Waals surface area contributed by atoms with Crippen molar-refractivity contribution in [2.75, 3.05) is 24.7 Å². The summed E-state index contributed by atoms with van der Waals surface area (Å²) < 4.78 is 6.02. The molecular weight excluding hydrogens is 296 g/mol. The van der Waals surface area contributed by atoms with Crippen LogP contribution < -0.4 is 10.6 Å². The fourth-order valence-corrected chi connectivity index (χ4v) is 6.48. The largest absolute Gasteiger partial charge is 0.374 e. The number of hydrogen-bond acceptors (Lipinski definition) is 3. The van der Waals surface area contributed by atoms with E-state index in [0.717, 1.165) is 55.9 Å². The van der Waals surface area contributed by atoms with E-state index >= 15 is 0 Å². The SMILES string of the molecule is O=C(NCC1CC2CCC1C2)NC1CCOC2(CCSC2)C1. The number of amides is 2. The summed E-state index contributed by atoms with van der Waals surface area (Å²) in [5.41, 5.74) is 0.0471. The van der Waals surface area contributed by atoms with Gasteiger partial charge in [-0.25, -0.2) is 4.79 Å². The van der Waals surface area contributed by atoms with Crippen LogP contribution >= 0.6 is 11.8 Å². The number of nitrogens with one attached hydrogen (secondary N) is 2. The van der Waals surface area contributed by atoms with Gasteiger partial charge in [0.25, 0.3) is 0 Å². The van der Waals surface area contributed by atoms with E-state index < -0.39 is 0 Å². The van der Waals surface area contributed by atoms with Crippen molar-refractivity contribution in [2.45, 2.75) is 56.6 Å². The molecule has 0 aromatic heterocycles. The van der Waals surface area contributed by atoms with E-state index in [1.165, 1.54) is 31.4 Å². The Labute approximate surface area is 137 Å². The monoisotopic (exact) mass is 324 g/mol. The average Bonchev–Trinajstić information content (AvgIpc) is 3.22. The molecule has 4 rings (SSSR count). The first-order valence-corrected chi connectivity index (χ1v) is 10.1. The van der Waals surface area contributed by atoms with Gasteiger partial charge in [-0.15, -0.1) is 0 Å². The molecule has 2 heterocycles. The van der Waals surface area contributed by atoms with Gasteiger partial charge in [0.05, 0.1) is 5.60 Å². The fourth-order valence-electron chi connectivity index (χ4n) is 5.10. The molecule has 2 saturated heterocycles. The Bertz CT molecular complexity index is 425. The van der Waals surface area contributed by atoms with Crippen molar-refractivity contribution in [1.29, 1.82) is 0 Å². The lowest BCUT2D eigenvalue weighted by Gasteiger charge is -2.38. The molecule has 4 aliphatic rings. The highest BCUT2D eigenvalue weighted by Gasteiger charge is 2.41. The highest BCUT2D eigenvalue weighted by molar-refractivity contribution is 7.99. The second-order valence-electron chi connectivity index (χ2n) is 7.81. The van der Waals surface area contributed by atoms with Crippen LogP contribution in [0.4, 0.5) is 4.79 Å². The van der Waals surface area contributed by atoms with Crippen LogP contribution in [0.5, 0.6) is 0 Å². The van der Waals surface area contributed by atoms with E-state index in [9.17, 15) is 4.79 Å². The zero-order valence-electron chi connectivity index (χ0n) is 13.3. The van der Waals surface area contributed by atoms with Crippen LogP contribution in [-0.2, 0) is 4.74 Å². The zero-order valence-corrected chi connectivity index (χ0v) is 14.1. The highest BCUT2D eigenvalue weighted by Crippen LogP contribution is 2.47. The maximum Gasteiger partial charge on any atom is 0.315 e. The van der Waals surface area contributed by atoms with Crippen LogP contribution in [0.3, 0.4) is 0 Å². The van der Waals surface area contributed by atoms with E-state index in [2.05, 4.69) is 10.6 Å². The molecule has 0 aromatic rings.